The number of hydrogen-bond donors (Lipinski definition) is 0. The van der Waals surface area contributed by atoms with E-state index in [1.807, 2.05) is 12.1 Å². The molecule has 0 fully saturated rings. The summed E-state index contributed by atoms with van der Waals surface area (Å²) in [5, 5.41) is 0. The monoisotopic (exact) mass is 226 g/mol. The second-order valence-corrected chi connectivity index (χ2v) is 4.24. The molecular weight excluding hydrogens is 208 g/mol. The minimum Gasteiger partial charge on any atom is -0.492 e. The zero-order valence-corrected chi connectivity index (χ0v) is 10.3. The highest BCUT2D eigenvalue weighted by Crippen LogP contribution is 2.22. The molecule has 0 aromatic heterocycles. The van der Waals surface area contributed by atoms with Crippen molar-refractivity contribution >= 4 is 11.6 Å². The molecule has 1 aromatic rings. The third-order valence-electron chi connectivity index (χ3n) is 2.57. The molecule has 2 heteroatoms. The predicted octanol–water partition coefficient (Wildman–Crippen LogP) is 3.89. The summed E-state index contributed by atoms with van der Waals surface area (Å²) in [5.41, 5.74) is 1.29. The highest BCUT2D eigenvalue weighted by molar-refractivity contribution is 6.18. The summed E-state index contributed by atoms with van der Waals surface area (Å²) in [6, 6.07) is 8.22. The fourth-order valence-corrected chi connectivity index (χ4v) is 1.56. The number of alkyl halides is 1. The molecule has 0 aliphatic carbocycles. The van der Waals surface area contributed by atoms with Crippen LogP contribution in [0.3, 0.4) is 0 Å². The Morgan fingerprint density at radius 2 is 2.07 bits per heavy atom. The van der Waals surface area contributed by atoms with Gasteiger partial charge in [0.2, 0.25) is 0 Å². The number of benzene rings is 1. The van der Waals surface area contributed by atoms with E-state index in [9.17, 15) is 0 Å². The van der Waals surface area contributed by atoms with Gasteiger partial charge in [-0.1, -0.05) is 38.5 Å². The number of ether oxygens (including phenoxy) is 1. The summed E-state index contributed by atoms with van der Waals surface area (Å²) in [7, 11) is 0. The van der Waals surface area contributed by atoms with Gasteiger partial charge in [0.25, 0.3) is 0 Å². The van der Waals surface area contributed by atoms with Crippen molar-refractivity contribution in [1.82, 2.24) is 0 Å². The van der Waals surface area contributed by atoms with E-state index in [0.717, 1.165) is 12.2 Å². The van der Waals surface area contributed by atoms with E-state index in [0.29, 0.717) is 18.4 Å². The van der Waals surface area contributed by atoms with Crippen LogP contribution in [0.5, 0.6) is 5.75 Å². The normalized spacial score (nSPS) is 12.5. The molecule has 0 N–H and O–H groups in total. The molecule has 0 heterocycles. The lowest BCUT2D eigenvalue weighted by molar-refractivity contribution is 0.337. The SMILES string of the molecule is CCC(C)Cc1ccccc1OCCCl. The molecule has 84 valence electrons. The number of hydrogen-bond acceptors (Lipinski definition) is 1. The van der Waals surface area contributed by atoms with Gasteiger partial charge in [-0.2, -0.15) is 0 Å². The van der Waals surface area contributed by atoms with E-state index in [2.05, 4.69) is 26.0 Å². The van der Waals surface area contributed by atoms with Gasteiger partial charge in [-0.3, -0.25) is 0 Å². The molecule has 1 atom stereocenters. The van der Waals surface area contributed by atoms with Crippen LogP contribution in [0.2, 0.25) is 0 Å². The van der Waals surface area contributed by atoms with Crippen LogP contribution < -0.4 is 4.74 Å². The Bertz CT molecular complexity index is 286. The van der Waals surface area contributed by atoms with Crippen molar-refractivity contribution in [2.24, 2.45) is 5.92 Å². The molecule has 1 rings (SSSR count). The second-order valence-electron chi connectivity index (χ2n) is 3.86. The Morgan fingerprint density at radius 3 is 2.73 bits per heavy atom. The molecule has 1 unspecified atom stereocenters. The molecule has 0 aliphatic heterocycles. The summed E-state index contributed by atoms with van der Waals surface area (Å²) in [4.78, 5) is 0. The molecule has 0 bridgehead atoms. The van der Waals surface area contributed by atoms with Crippen molar-refractivity contribution in [3.8, 4) is 5.75 Å². The average molecular weight is 227 g/mol. The standard InChI is InChI=1S/C13H19ClO/c1-3-11(2)10-12-6-4-5-7-13(12)15-9-8-14/h4-7,11H,3,8-10H2,1-2H3. The first-order valence-electron chi connectivity index (χ1n) is 5.54. The lowest BCUT2D eigenvalue weighted by Crippen LogP contribution is -2.04. The van der Waals surface area contributed by atoms with Crippen LogP contribution in [0.25, 0.3) is 0 Å². The Hall–Kier alpha value is -0.690. The minimum atomic E-state index is 0.539. The van der Waals surface area contributed by atoms with Crippen LogP contribution >= 0.6 is 11.6 Å². The van der Waals surface area contributed by atoms with Crippen molar-refractivity contribution in [2.45, 2.75) is 26.7 Å². The van der Waals surface area contributed by atoms with Crippen molar-refractivity contribution in [3.05, 3.63) is 29.8 Å². The Morgan fingerprint density at radius 1 is 1.33 bits per heavy atom. The third-order valence-corrected chi connectivity index (χ3v) is 2.73. The van der Waals surface area contributed by atoms with Gasteiger partial charge in [0, 0.05) is 0 Å². The van der Waals surface area contributed by atoms with Crippen LogP contribution in [0.4, 0.5) is 0 Å². The first-order valence-corrected chi connectivity index (χ1v) is 6.08. The maximum Gasteiger partial charge on any atom is 0.122 e. The van der Waals surface area contributed by atoms with E-state index in [1.165, 1.54) is 12.0 Å². The van der Waals surface area contributed by atoms with Crippen LogP contribution in [0, 0.1) is 5.92 Å². The van der Waals surface area contributed by atoms with Gasteiger partial charge in [0.05, 0.1) is 5.88 Å². The van der Waals surface area contributed by atoms with E-state index < -0.39 is 0 Å². The molecule has 1 nitrogen and oxygen atoms in total. The van der Waals surface area contributed by atoms with Gasteiger partial charge in [0.1, 0.15) is 12.4 Å². The van der Waals surface area contributed by atoms with Gasteiger partial charge in [-0.25, -0.2) is 0 Å². The predicted molar refractivity (Wildman–Crippen MR) is 65.8 cm³/mol. The van der Waals surface area contributed by atoms with Crippen LogP contribution in [-0.2, 0) is 6.42 Å². The molecule has 0 saturated heterocycles. The first-order chi connectivity index (χ1) is 7.27. The zero-order valence-electron chi connectivity index (χ0n) is 9.50. The summed E-state index contributed by atoms with van der Waals surface area (Å²) in [5.74, 6) is 2.22. The Balaban J connectivity index is 2.67. The van der Waals surface area contributed by atoms with Crippen LogP contribution in [0.15, 0.2) is 24.3 Å². The smallest absolute Gasteiger partial charge is 0.122 e. The molecule has 1 aromatic carbocycles. The lowest BCUT2D eigenvalue weighted by Gasteiger charge is -2.13. The zero-order chi connectivity index (χ0) is 11.1. The summed E-state index contributed by atoms with van der Waals surface area (Å²) < 4.78 is 5.60. The molecule has 0 amide bonds. The molecule has 0 saturated carbocycles. The fraction of sp³-hybridized carbons (Fsp3) is 0.538. The van der Waals surface area contributed by atoms with Gasteiger partial charge < -0.3 is 4.74 Å². The first kappa shape index (κ1) is 12.4. The third kappa shape index (κ3) is 4.13. The van der Waals surface area contributed by atoms with Gasteiger partial charge >= 0.3 is 0 Å². The number of halogens is 1. The molecule has 15 heavy (non-hydrogen) atoms. The maximum atomic E-state index is 5.61. The Labute approximate surface area is 97.4 Å². The summed E-state index contributed by atoms with van der Waals surface area (Å²) in [6.45, 7) is 5.06. The second kappa shape index (κ2) is 6.73. The Kier molecular flexibility index (Phi) is 5.56. The highest BCUT2D eigenvalue weighted by Gasteiger charge is 2.06. The maximum absolute atomic E-state index is 5.61. The van der Waals surface area contributed by atoms with E-state index in [4.69, 9.17) is 16.3 Å². The minimum absolute atomic E-state index is 0.539. The highest BCUT2D eigenvalue weighted by atomic mass is 35.5. The summed E-state index contributed by atoms with van der Waals surface area (Å²) in [6.07, 6.45) is 2.28. The lowest BCUT2D eigenvalue weighted by atomic mass is 9.98. The van der Waals surface area contributed by atoms with Crippen molar-refractivity contribution in [1.29, 1.82) is 0 Å². The molecular formula is C13H19ClO. The van der Waals surface area contributed by atoms with Crippen molar-refractivity contribution < 1.29 is 4.74 Å². The number of rotatable bonds is 6. The van der Waals surface area contributed by atoms with Crippen molar-refractivity contribution in [2.75, 3.05) is 12.5 Å². The number of para-hydroxylation sites is 1. The van der Waals surface area contributed by atoms with Gasteiger partial charge in [-0.05, 0) is 24.0 Å². The molecule has 0 spiro atoms. The largest absolute Gasteiger partial charge is 0.492 e. The van der Waals surface area contributed by atoms with E-state index in [1.54, 1.807) is 0 Å². The van der Waals surface area contributed by atoms with Gasteiger partial charge in [-0.15, -0.1) is 11.6 Å². The fourth-order valence-electron chi connectivity index (χ4n) is 1.48. The topological polar surface area (TPSA) is 9.23 Å². The molecule has 0 aliphatic rings. The quantitative estimate of drug-likeness (QED) is 0.669. The van der Waals surface area contributed by atoms with Crippen molar-refractivity contribution in [3.63, 3.8) is 0 Å². The summed E-state index contributed by atoms with van der Waals surface area (Å²) >= 11 is 5.61. The van der Waals surface area contributed by atoms with E-state index in [-0.39, 0.29) is 0 Å². The van der Waals surface area contributed by atoms with Gasteiger partial charge in [0.15, 0.2) is 0 Å². The van der Waals surface area contributed by atoms with E-state index >= 15 is 0 Å². The molecule has 0 radical (unpaired) electrons. The average Bonchev–Trinajstić information content (AvgIpc) is 2.28. The van der Waals surface area contributed by atoms with Crippen LogP contribution in [0.1, 0.15) is 25.8 Å². The van der Waals surface area contributed by atoms with Crippen LogP contribution in [-0.4, -0.2) is 12.5 Å².